The third-order valence-electron chi connectivity index (χ3n) is 6.39. The Bertz CT molecular complexity index is 1390. The maximum atomic E-state index is 12.9. The Labute approximate surface area is 211 Å². The second kappa shape index (κ2) is 10.2. The molecule has 35 heavy (non-hydrogen) atoms. The number of benzene rings is 1. The zero-order valence-corrected chi connectivity index (χ0v) is 20.6. The molecule has 0 atom stereocenters. The molecule has 4 aromatic rings. The van der Waals surface area contributed by atoms with Gasteiger partial charge in [-0.25, -0.2) is 4.98 Å². The summed E-state index contributed by atoms with van der Waals surface area (Å²) < 4.78 is 2.64. The van der Waals surface area contributed by atoms with Gasteiger partial charge in [0, 0.05) is 49.7 Å². The Morgan fingerprint density at radius 2 is 2.00 bits per heavy atom. The van der Waals surface area contributed by atoms with Crippen LogP contribution in [-0.4, -0.2) is 43.5 Å². The Hall–Kier alpha value is -3.77. The number of likely N-dealkylation sites (tertiary alicyclic amines) is 1. The van der Waals surface area contributed by atoms with Crippen molar-refractivity contribution < 1.29 is 4.79 Å². The van der Waals surface area contributed by atoms with E-state index >= 15 is 0 Å². The van der Waals surface area contributed by atoms with Crippen LogP contribution in [0.25, 0.3) is 5.65 Å². The smallest absolute Gasteiger partial charge is 0.227 e. The van der Waals surface area contributed by atoms with Gasteiger partial charge in [-0.05, 0) is 52.0 Å². The number of pyridine rings is 1. The fraction of sp³-hybridized carbons (Fsp3) is 0.269. The van der Waals surface area contributed by atoms with Gasteiger partial charge < -0.3 is 10.2 Å². The molecular weight excluding hydrogens is 506 g/mol. The number of halogens is 1. The first-order valence-electron chi connectivity index (χ1n) is 11.5. The molecule has 0 saturated carbocycles. The van der Waals surface area contributed by atoms with E-state index in [2.05, 4.69) is 43.5 Å². The van der Waals surface area contributed by atoms with Crippen molar-refractivity contribution in [3.05, 3.63) is 87.9 Å². The van der Waals surface area contributed by atoms with Crippen LogP contribution in [-0.2, 0) is 17.8 Å². The Balaban J connectivity index is 1.29. The third kappa shape index (κ3) is 5.03. The number of hydrogen-bond donors (Lipinski definition) is 1. The van der Waals surface area contributed by atoms with Crippen LogP contribution in [0.3, 0.4) is 0 Å². The van der Waals surface area contributed by atoms with E-state index in [4.69, 9.17) is 4.98 Å². The minimum absolute atomic E-state index is 0.0620. The number of nitrogens with zero attached hydrogens (tertiary/aromatic N) is 6. The van der Waals surface area contributed by atoms with Gasteiger partial charge in [0.25, 0.3) is 0 Å². The molecule has 3 aromatic heterocycles. The van der Waals surface area contributed by atoms with E-state index in [1.54, 1.807) is 23.0 Å². The van der Waals surface area contributed by atoms with Crippen molar-refractivity contribution in [1.29, 1.82) is 5.26 Å². The largest absolute Gasteiger partial charge is 0.366 e. The molecule has 176 valence electrons. The lowest BCUT2D eigenvalue weighted by Crippen LogP contribution is -2.39. The number of amides is 1. The Morgan fingerprint density at radius 1 is 1.17 bits per heavy atom. The van der Waals surface area contributed by atoms with E-state index in [0.29, 0.717) is 25.2 Å². The average molecular weight is 530 g/mol. The van der Waals surface area contributed by atoms with Gasteiger partial charge in [-0.2, -0.15) is 14.9 Å². The molecule has 1 aliphatic heterocycles. The number of aromatic nitrogens is 4. The molecule has 1 N–H and O–H groups in total. The van der Waals surface area contributed by atoms with Gasteiger partial charge in [0.05, 0.1) is 28.7 Å². The first kappa shape index (κ1) is 23.0. The highest BCUT2D eigenvalue weighted by Crippen LogP contribution is 2.31. The van der Waals surface area contributed by atoms with E-state index in [-0.39, 0.29) is 18.2 Å². The summed E-state index contributed by atoms with van der Waals surface area (Å²) >= 11 is 3.57. The molecule has 0 spiro atoms. The van der Waals surface area contributed by atoms with Crippen LogP contribution >= 0.6 is 15.9 Å². The Morgan fingerprint density at radius 3 is 2.77 bits per heavy atom. The SMILES string of the molecule is N#Cc1ccccc1CC(=O)N1CCC(c2cc(NCc3cccnc3)n3ncc(Br)c3n2)CC1. The number of hydrogen-bond acceptors (Lipinski definition) is 6. The fourth-order valence-electron chi connectivity index (χ4n) is 4.47. The van der Waals surface area contributed by atoms with Gasteiger partial charge in [-0.3, -0.25) is 9.78 Å². The highest BCUT2D eigenvalue weighted by atomic mass is 79.9. The Kier molecular flexibility index (Phi) is 6.73. The van der Waals surface area contributed by atoms with Crippen molar-refractivity contribution in [3.63, 3.8) is 0 Å². The highest BCUT2D eigenvalue weighted by molar-refractivity contribution is 9.10. The van der Waals surface area contributed by atoms with Crippen LogP contribution in [0.15, 0.2) is 65.5 Å². The van der Waals surface area contributed by atoms with E-state index in [9.17, 15) is 10.1 Å². The molecule has 8 nitrogen and oxygen atoms in total. The minimum atomic E-state index is 0.0620. The van der Waals surface area contributed by atoms with Crippen molar-refractivity contribution in [2.24, 2.45) is 0 Å². The number of anilines is 1. The molecule has 9 heteroatoms. The molecule has 1 aliphatic rings. The molecule has 0 aliphatic carbocycles. The predicted molar refractivity (Wildman–Crippen MR) is 136 cm³/mol. The van der Waals surface area contributed by atoms with Crippen LogP contribution in [0.1, 0.15) is 41.1 Å². The van der Waals surface area contributed by atoms with Crippen molar-refractivity contribution in [2.45, 2.75) is 31.7 Å². The number of fused-ring (bicyclic) bond motifs is 1. The quantitative estimate of drug-likeness (QED) is 0.399. The molecule has 1 aromatic carbocycles. The van der Waals surface area contributed by atoms with Gasteiger partial charge >= 0.3 is 0 Å². The standard InChI is InChI=1S/C26H24BrN7O/c27-22-17-31-34-24(30-16-18-4-3-9-29-15-18)13-23(32-26(22)34)19-7-10-33(11-8-19)25(35)12-20-5-1-2-6-21(20)14-28/h1-6,9,13,15,17,19,30H,7-8,10-12,16H2. The highest BCUT2D eigenvalue weighted by Gasteiger charge is 2.26. The summed E-state index contributed by atoms with van der Waals surface area (Å²) in [6.45, 7) is 1.97. The lowest BCUT2D eigenvalue weighted by atomic mass is 9.92. The second-order valence-corrected chi connectivity index (χ2v) is 9.46. The molecule has 1 fully saturated rings. The summed E-state index contributed by atoms with van der Waals surface area (Å²) in [7, 11) is 0. The monoisotopic (exact) mass is 529 g/mol. The van der Waals surface area contributed by atoms with Gasteiger partial charge in [-0.1, -0.05) is 24.3 Å². The summed E-state index contributed by atoms with van der Waals surface area (Å²) in [5, 5.41) is 17.2. The molecule has 4 heterocycles. The van der Waals surface area contributed by atoms with Crippen molar-refractivity contribution in [3.8, 4) is 6.07 Å². The minimum Gasteiger partial charge on any atom is -0.366 e. The lowest BCUT2D eigenvalue weighted by molar-refractivity contribution is -0.131. The molecule has 0 unspecified atom stereocenters. The molecule has 5 rings (SSSR count). The van der Waals surface area contributed by atoms with Crippen LogP contribution in [0, 0.1) is 11.3 Å². The number of rotatable bonds is 6. The van der Waals surface area contributed by atoms with Gasteiger partial charge in [0.2, 0.25) is 5.91 Å². The van der Waals surface area contributed by atoms with E-state index in [1.807, 2.05) is 41.4 Å². The number of carbonyl (C=O) groups is 1. The zero-order valence-electron chi connectivity index (χ0n) is 19.1. The molecule has 0 bridgehead atoms. The van der Waals surface area contributed by atoms with E-state index in [1.165, 1.54) is 0 Å². The topological polar surface area (TPSA) is 99.2 Å². The molecule has 1 saturated heterocycles. The van der Waals surface area contributed by atoms with Gasteiger partial charge in [-0.15, -0.1) is 0 Å². The number of nitrogens with one attached hydrogen (secondary N) is 1. The fourth-order valence-corrected chi connectivity index (χ4v) is 4.82. The summed E-state index contributed by atoms with van der Waals surface area (Å²) in [5.41, 5.74) is 4.18. The van der Waals surface area contributed by atoms with E-state index in [0.717, 1.165) is 45.6 Å². The first-order chi connectivity index (χ1) is 17.1. The third-order valence-corrected chi connectivity index (χ3v) is 6.95. The summed E-state index contributed by atoms with van der Waals surface area (Å²) in [4.78, 5) is 23.9. The predicted octanol–water partition coefficient (Wildman–Crippen LogP) is 4.32. The number of piperidine rings is 1. The molecule has 0 radical (unpaired) electrons. The normalized spacial score (nSPS) is 14.1. The van der Waals surface area contributed by atoms with Crippen LogP contribution < -0.4 is 5.32 Å². The average Bonchev–Trinajstić information content (AvgIpc) is 3.29. The zero-order chi connectivity index (χ0) is 24.2. The summed E-state index contributed by atoms with van der Waals surface area (Å²) in [5.74, 6) is 1.18. The van der Waals surface area contributed by atoms with Crippen molar-refractivity contribution >= 4 is 33.3 Å². The number of nitriles is 1. The van der Waals surface area contributed by atoms with E-state index < -0.39 is 0 Å². The maximum absolute atomic E-state index is 12.9. The molecule has 1 amide bonds. The van der Waals surface area contributed by atoms with Gasteiger partial charge in [0.1, 0.15) is 5.82 Å². The summed E-state index contributed by atoms with van der Waals surface area (Å²) in [6, 6.07) is 15.5. The number of carbonyl (C=O) groups excluding carboxylic acids is 1. The molecular formula is C26H24BrN7O. The van der Waals surface area contributed by atoms with Crippen molar-refractivity contribution in [1.82, 2.24) is 24.5 Å². The first-order valence-corrected chi connectivity index (χ1v) is 12.3. The van der Waals surface area contributed by atoms with Gasteiger partial charge in [0.15, 0.2) is 5.65 Å². The maximum Gasteiger partial charge on any atom is 0.227 e. The van der Waals surface area contributed by atoms with Crippen LogP contribution in [0.5, 0.6) is 0 Å². The van der Waals surface area contributed by atoms with Crippen LogP contribution in [0.4, 0.5) is 5.82 Å². The second-order valence-electron chi connectivity index (χ2n) is 8.61. The van der Waals surface area contributed by atoms with Crippen molar-refractivity contribution in [2.75, 3.05) is 18.4 Å². The summed E-state index contributed by atoms with van der Waals surface area (Å²) in [6.07, 6.45) is 7.28. The lowest BCUT2D eigenvalue weighted by Gasteiger charge is -2.32. The van der Waals surface area contributed by atoms with Crippen LogP contribution in [0.2, 0.25) is 0 Å².